The van der Waals surface area contributed by atoms with Gasteiger partial charge in [0.15, 0.2) is 0 Å². The molecular weight excluding hydrogens is 440 g/mol. The number of aryl methyl sites for hydroxylation is 2. The summed E-state index contributed by atoms with van der Waals surface area (Å²) in [4.78, 5) is 30.8. The van der Waals surface area contributed by atoms with E-state index in [0.717, 1.165) is 16.7 Å². The number of carbonyl (C=O) groups is 1. The molecule has 170 valence electrons. The molecule has 33 heavy (non-hydrogen) atoms. The van der Waals surface area contributed by atoms with E-state index >= 15 is 0 Å². The highest BCUT2D eigenvalue weighted by Crippen LogP contribution is 2.28. The lowest BCUT2D eigenvalue weighted by Gasteiger charge is -2.10. The molecule has 0 fully saturated rings. The Bertz CT molecular complexity index is 1350. The molecule has 0 spiro atoms. The zero-order valence-corrected chi connectivity index (χ0v) is 19.3. The second-order valence-electron chi connectivity index (χ2n) is 7.83. The first-order chi connectivity index (χ1) is 16.0. The van der Waals surface area contributed by atoms with Gasteiger partial charge < -0.3 is 14.6 Å². The summed E-state index contributed by atoms with van der Waals surface area (Å²) in [7, 11) is 1.63. The summed E-state index contributed by atoms with van der Waals surface area (Å²) in [5.74, 6) is -0.258. The highest BCUT2D eigenvalue weighted by atomic mass is 35.5. The van der Waals surface area contributed by atoms with E-state index in [1.54, 1.807) is 34.7 Å². The first-order valence-electron chi connectivity index (χ1n) is 10.7. The second-order valence-corrected chi connectivity index (χ2v) is 8.27. The van der Waals surface area contributed by atoms with E-state index < -0.39 is 0 Å². The van der Waals surface area contributed by atoms with Crippen molar-refractivity contribution < 1.29 is 9.53 Å². The number of hydrogen-bond acceptors (Lipinski definition) is 4. The molecule has 0 aliphatic rings. The van der Waals surface area contributed by atoms with Crippen molar-refractivity contribution in [1.29, 1.82) is 0 Å². The van der Waals surface area contributed by atoms with Crippen LogP contribution in [0.4, 0.5) is 5.69 Å². The highest BCUT2D eigenvalue weighted by Gasteiger charge is 2.18. The van der Waals surface area contributed by atoms with Crippen LogP contribution in [0.5, 0.6) is 0 Å². The van der Waals surface area contributed by atoms with Gasteiger partial charge in [0.1, 0.15) is 17.6 Å². The molecule has 0 saturated heterocycles. The van der Waals surface area contributed by atoms with Gasteiger partial charge in [-0.1, -0.05) is 48.0 Å². The average molecular weight is 465 g/mol. The lowest BCUT2D eigenvalue weighted by Crippen LogP contribution is -2.25. The van der Waals surface area contributed by atoms with Crippen molar-refractivity contribution in [3.8, 4) is 11.1 Å². The van der Waals surface area contributed by atoms with E-state index in [1.165, 1.54) is 0 Å². The van der Waals surface area contributed by atoms with Gasteiger partial charge in [-0.2, -0.15) is 0 Å². The average Bonchev–Trinajstić information content (AvgIpc) is 3.17. The minimum Gasteiger partial charge on any atom is -0.385 e. The quantitative estimate of drug-likeness (QED) is 0.389. The van der Waals surface area contributed by atoms with Crippen LogP contribution >= 0.6 is 11.6 Å². The normalized spacial score (nSPS) is 11.1. The van der Waals surface area contributed by atoms with Crippen LogP contribution in [0.25, 0.3) is 22.2 Å². The number of ether oxygens (including phenoxy) is 1. The van der Waals surface area contributed by atoms with Crippen molar-refractivity contribution in [2.45, 2.75) is 26.4 Å². The smallest absolute Gasteiger partial charge is 0.277 e. The van der Waals surface area contributed by atoms with E-state index in [1.807, 2.05) is 49.5 Å². The van der Waals surface area contributed by atoms with Crippen LogP contribution in [0, 0.1) is 6.92 Å². The Kier molecular flexibility index (Phi) is 6.91. The molecule has 4 rings (SSSR count). The second kappa shape index (κ2) is 10.0. The number of carbonyl (C=O) groups excluding carboxylic acids is 1. The standard InChI is InChI=1S/C25H25ClN4O3/c1-17-9-10-19(26)13-21(17)28-22(31)15-30-14-20(18-7-4-3-5-8-18)23-24(30)25(32)29(16-27-23)11-6-12-33-2/h3-5,7-10,13-14,16H,6,11-12,15H2,1-2H3,(H,28,31). The van der Waals surface area contributed by atoms with Crippen LogP contribution in [-0.4, -0.2) is 33.7 Å². The molecule has 0 bridgehead atoms. The van der Waals surface area contributed by atoms with Crippen molar-refractivity contribution in [3.05, 3.63) is 82.0 Å². The number of nitrogens with one attached hydrogen (secondary N) is 1. The molecule has 2 aromatic heterocycles. The minimum absolute atomic E-state index is 0.0334. The van der Waals surface area contributed by atoms with Gasteiger partial charge in [-0.05, 0) is 36.6 Å². The predicted molar refractivity (Wildman–Crippen MR) is 131 cm³/mol. The maximum atomic E-state index is 13.3. The van der Waals surface area contributed by atoms with E-state index in [-0.39, 0.29) is 18.0 Å². The van der Waals surface area contributed by atoms with Crippen LogP contribution in [0.1, 0.15) is 12.0 Å². The summed E-state index contributed by atoms with van der Waals surface area (Å²) in [5.41, 5.74) is 4.05. The number of halogens is 1. The molecule has 4 aromatic rings. The summed E-state index contributed by atoms with van der Waals surface area (Å²) < 4.78 is 8.34. The number of nitrogens with zero attached hydrogens (tertiary/aromatic N) is 3. The molecule has 0 aliphatic heterocycles. The summed E-state index contributed by atoms with van der Waals surface area (Å²) in [6.45, 7) is 2.89. The van der Waals surface area contributed by atoms with Crippen LogP contribution in [-0.2, 0) is 22.6 Å². The number of fused-ring (bicyclic) bond motifs is 1. The van der Waals surface area contributed by atoms with Gasteiger partial charge in [-0.15, -0.1) is 0 Å². The van der Waals surface area contributed by atoms with E-state index in [2.05, 4.69) is 10.3 Å². The third-order valence-corrected chi connectivity index (χ3v) is 5.70. The predicted octanol–water partition coefficient (Wildman–Crippen LogP) is 4.50. The number of rotatable bonds is 8. The largest absolute Gasteiger partial charge is 0.385 e. The molecule has 0 unspecified atom stereocenters. The van der Waals surface area contributed by atoms with E-state index in [0.29, 0.717) is 41.3 Å². The zero-order chi connectivity index (χ0) is 23.4. The Labute approximate surface area is 196 Å². The van der Waals surface area contributed by atoms with Crippen molar-refractivity contribution in [2.24, 2.45) is 0 Å². The molecule has 0 atom stereocenters. The van der Waals surface area contributed by atoms with Crippen molar-refractivity contribution in [3.63, 3.8) is 0 Å². The van der Waals surface area contributed by atoms with Gasteiger partial charge >= 0.3 is 0 Å². The van der Waals surface area contributed by atoms with Gasteiger partial charge in [0.05, 0.1) is 6.33 Å². The van der Waals surface area contributed by atoms with Crippen molar-refractivity contribution >= 4 is 34.2 Å². The van der Waals surface area contributed by atoms with E-state index in [4.69, 9.17) is 16.3 Å². The maximum absolute atomic E-state index is 13.3. The Morgan fingerprint density at radius 3 is 2.70 bits per heavy atom. The summed E-state index contributed by atoms with van der Waals surface area (Å²) >= 11 is 6.08. The fourth-order valence-electron chi connectivity index (χ4n) is 3.78. The van der Waals surface area contributed by atoms with Gasteiger partial charge in [0.25, 0.3) is 5.56 Å². The summed E-state index contributed by atoms with van der Waals surface area (Å²) in [6.07, 6.45) is 4.06. The first kappa shape index (κ1) is 22.8. The van der Waals surface area contributed by atoms with Crippen LogP contribution in [0.15, 0.2) is 65.8 Å². The molecule has 2 heterocycles. The molecule has 8 heteroatoms. The fraction of sp³-hybridized carbons (Fsp3) is 0.240. The zero-order valence-electron chi connectivity index (χ0n) is 18.5. The van der Waals surface area contributed by atoms with Crippen LogP contribution in [0.3, 0.4) is 0 Å². The lowest BCUT2D eigenvalue weighted by atomic mass is 10.1. The topological polar surface area (TPSA) is 78.2 Å². The van der Waals surface area contributed by atoms with Gasteiger partial charge in [0, 0.05) is 42.7 Å². The SMILES string of the molecule is COCCCn1cnc2c(-c3ccccc3)cn(CC(=O)Nc3cc(Cl)ccc3C)c2c1=O. The van der Waals surface area contributed by atoms with E-state index in [9.17, 15) is 9.59 Å². The Morgan fingerprint density at radius 1 is 1.15 bits per heavy atom. The number of anilines is 1. The van der Waals surface area contributed by atoms with Crippen LogP contribution < -0.4 is 10.9 Å². The minimum atomic E-state index is -0.258. The third-order valence-electron chi connectivity index (χ3n) is 5.46. The Hall–Kier alpha value is -3.42. The molecular formula is C25H25ClN4O3. The summed E-state index contributed by atoms with van der Waals surface area (Å²) in [5, 5.41) is 3.44. The number of amides is 1. The van der Waals surface area contributed by atoms with Crippen molar-refractivity contribution in [2.75, 3.05) is 19.0 Å². The molecule has 7 nitrogen and oxygen atoms in total. The first-order valence-corrected chi connectivity index (χ1v) is 11.0. The van der Waals surface area contributed by atoms with Crippen molar-refractivity contribution in [1.82, 2.24) is 14.1 Å². The van der Waals surface area contributed by atoms with Gasteiger partial charge in [0.2, 0.25) is 5.91 Å². The number of aromatic nitrogens is 3. The summed E-state index contributed by atoms with van der Waals surface area (Å²) in [6, 6.07) is 15.0. The molecule has 0 radical (unpaired) electrons. The Balaban J connectivity index is 1.73. The van der Waals surface area contributed by atoms with Gasteiger partial charge in [-0.3, -0.25) is 14.2 Å². The van der Waals surface area contributed by atoms with Crippen LogP contribution in [0.2, 0.25) is 5.02 Å². The molecule has 0 saturated carbocycles. The van der Waals surface area contributed by atoms with Gasteiger partial charge in [-0.25, -0.2) is 4.98 Å². The highest BCUT2D eigenvalue weighted by molar-refractivity contribution is 6.31. The third kappa shape index (κ3) is 4.99. The molecule has 1 amide bonds. The lowest BCUT2D eigenvalue weighted by molar-refractivity contribution is -0.116. The maximum Gasteiger partial charge on any atom is 0.277 e. The number of methoxy groups -OCH3 is 1. The molecule has 2 aromatic carbocycles. The number of hydrogen-bond donors (Lipinski definition) is 1. The fourth-order valence-corrected chi connectivity index (χ4v) is 3.95. The molecule has 0 aliphatic carbocycles. The number of benzene rings is 2. The monoisotopic (exact) mass is 464 g/mol. The Morgan fingerprint density at radius 2 is 1.94 bits per heavy atom. The molecule has 1 N–H and O–H groups in total.